The molecule has 37 heavy (non-hydrogen) atoms. The van der Waals surface area contributed by atoms with Gasteiger partial charge < -0.3 is 4.90 Å². The second-order valence-corrected chi connectivity index (χ2v) is 14.8. The van der Waals surface area contributed by atoms with E-state index in [1.54, 1.807) is 0 Å². The lowest BCUT2D eigenvalue weighted by Crippen LogP contribution is -2.56. The molecule has 4 nitrogen and oxygen atoms in total. The summed E-state index contributed by atoms with van der Waals surface area (Å²) in [4.78, 5) is 18.8. The Kier molecular flexibility index (Phi) is 7.60. The molecule has 0 aromatic heterocycles. The summed E-state index contributed by atoms with van der Waals surface area (Å²) in [7, 11) is -0.863. The zero-order valence-corrected chi connectivity index (χ0v) is 23.8. The van der Waals surface area contributed by atoms with Crippen molar-refractivity contribution in [2.24, 2.45) is 17.3 Å². The Morgan fingerprint density at radius 2 is 1.68 bits per heavy atom. The molecule has 3 aliphatic heterocycles. The lowest BCUT2D eigenvalue weighted by Gasteiger charge is -2.52. The highest BCUT2D eigenvalue weighted by Gasteiger charge is 2.55. The molecule has 1 aromatic carbocycles. The van der Waals surface area contributed by atoms with Crippen molar-refractivity contribution in [1.29, 1.82) is 0 Å². The smallest absolute Gasteiger partial charge is 0.228 e. The molecule has 0 N–H and O–H groups in total. The third-order valence-corrected chi connectivity index (χ3v) is 11.0. The minimum atomic E-state index is -0.863. The van der Waals surface area contributed by atoms with Crippen LogP contribution in [0, 0.1) is 28.9 Å². The number of likely N-dealkylation sites (tertiary alicyclic amines) is 1. The number of halogens is 2. The number of piperidine rings is 1. The van der Waals surface area contributed by atoms with E-state index in [1.807, 2.05) is 6.26 Å². The van der Waals surface area contributed by atoms with Crippen LogP contribution in [-0.2, 0) is 15.6 Å². The van der Waals surface area contributed by atoms with Crippen molar-refractivity contribution in [3.05, 3.63) is 35.4 Å². The normalized spacial score (nSPS) is 34.2. The van der Waals surface area contributed by atoms with Gasteiger partial charge in [-0.15, -0.1) is 0 Å². The van der Waals surface area contributed by atoms with Crippen LogP contribution in [0.1, 0.15) is 90.0 Å². The van der Waals surface area contributed by atoms with Crippen LogP contribution in [-0.4, -0.2) is 62.6 Å². The standard InChI is InChI=1S/C30H44F2N2O2S/c1-29(2,3)33-17-25(24-13-10-21(31)14-27(24)32)26(18-33)28(35)34-22-11-12-23(34)16-30(15-22,19-37(4)36)20-8-6-5-7-9-20/h10,13-14,20,22-23,25-26H,5-9,11-12,15-19H2,1-4H3/t22?,23?,25-,26-,30?,37?/m0/s1. The molecule has 3 unspecified atom stereocenters. The lowest BCUT2D eigenvalue weighted by molar-refractivity contribution is -0.143. The minimum Gasteiger partial charge on any atom is -0.336 e. The highest BCUT2D eigenvalue weighted by molar-refractivity contribution is 7.84. The van der Waals surface area contributed by atoms with E-state index in [1.165, 1.54) is 44.2 Å². The van der Waals surface area contributed by atoms with E-state index in [0.29, 0.717) is 24.6 Å². The minimum absolute atomic E-state index is 0.0677. The summed E-state index contributed by atoms with van der Waals surface area (Å²) in [6.45, 7) is 7.57. The molecule has 0 spiro atoms. The Morgan fingerprint density at radius 1 is 1.03 bits per heavy atom. The molecule has 5 atom stereocenters. The zero-order chi connectivity index (χ0) is 26.5. The van der Waals surface area contributed by atoms with Gasteiger partial charge in [-0.05, 0) is 82.3 Å². The van der Waals surface area contributed by atoms with Gasteiger partial charge >= 0.3 is 0 Å². The number of fused-ring (bicyclic) bond motifs is 2. The predicted molar refractivity (Wildman–Crippen MR) is 145 cm³/mol. The number of hydrogen-bond acceptors (Lipinski definition) is 3. The third-order valence-electron chi connectivity index (χ3n) is 10.1. The van der Waals surface area contributed by atoms with Crippen LogP contribution in [0.25, 0.3) is 0 Å². The number of rotatable bonds is 5. The number of amides is 1. The quantitative estimate of drug-likeness (QED) is 0.474. The Labute approximate surface area is 224 Å². The van der Waals surface area contributed by atoms with Crippen LogP contribution < -0.4 is 0 Å². The average Bonchev–Trinajstić information content (AvgIpc) is 3.39. The molecule has 0 radical (unpaired) electrons. The van der Waals surface area contributed by atoms with E-state index in [9.17, 15) is 17.8 Å². The maximum Gasteiger partial charge on any atom is 0.228 e. The lowest BCUT2D eigenvalue weighted by atomic mass is 9.63. The highest BCUT2D eigenvalue weighted by atomic mass is 32.2. The van der Waals surface area contributed by atoms with Crippen molar-refractivity contribution < 1.29 is 17.8 Å². The summed E-state index contributed by atoms with van der Waals surface area (Å²) in [5.41, 5.74) is 0.373. The SMILES string of the molecule is CS(=O)CC1(C2CCCCC2)CC2CCC(C1)N2C(=O)[C@H]1CN(C(C)(C)C)C[C@H]1c1ccc(F)cc1F. The van der Waals surface area contributed by atoms with Crippen molar-refractivity contribution in [2.45, 2.75) is 102 Å². The zero-order valence-electron chi connectivity index (χ0n) is 23.0. The van der Waals surface area contributed by atoms with E-state index >= 15 is 0 Å². The van der Waals surface area contributed by atoms with E-state index in [0.717, 1.165) is 37.5 Å². The molecule has 206 valence electrons. The fourth-order valence-electron chi connectivity index (χ4n) is 8.34. The number of carbonyl (C=O) groups is 1. The maximum atomic E-state index is 15.0. The van der Waals surface area contributed by atoms with Crippen LogP contribution in [0.4, 0.5) is 8.78 Å². The summed E-state index contributed by atoms with van der Waals surface area (Å²) in [5.74, 6) is -0.280. The Morgan fingerprint density at radius 3 is 2.24 bits per heavy atom. The highest BCUT2D eigenvalue weighted by Crippen LogP contribution is 2.54. The largest absolute Gasteiger partial charge is 0.336 e. The molecule has 1 saturated carbocycles. The van der Waals surface area contributed by atoms with E-state index in [2.05, 4.69) is 30.6 Å². The monoisotopic (exact) mass is 534 g/mol. The van der Waals surface area contributed by atoms with Gasteiger partial charge in [-0.3, -0.25) is 13.9 Å². The van der Waals surface area contributed by atoms with Crippen molar-refractivity contribution in [2.75, 3.05) is 25.1 Å². The van der Waals surface area contributed by atoms with Gasteiger partial charge in [0.25, 0.3) is 0 Å². The number of hydrogen-bond donors (Lipinski definition) is 0. The van der Waals surface area contributed by atoms with E-state index in [4.69, 9.17) is 0 Å². The third kappa shape index (κ3) is 5.28. The topological polar surface area (TPSA) is 40.6 Å². The van der Waals surface area contributed by atoms with Gasteiger partial charge in [-0.25, -0.2) is 8.78 Å². The molecule has 4 aliphatic rings. The number of nitrogens with zero attached hydrogens (tertiary/aromatic N) is 2. The van der Waals surface area contributed by atoms with Gasteiger partial charge in [0.1, 0.15) is 11.6 Å². The Balaban J connectivity index is 1.42. The average molecular weight is 535 g/mol. The molecule has 7 heteroatoms. The molecule has 3 heterocycles. The molecular formula is C30H44F2N2O2S. The molecule has 2 bridgehead atoms. The van der Waals surface area contributed by atoms with Crippen LogP contribution in [0.15, 0.2) is 18.2 Å². The summed E-state index contributed by atoms with van der Waals surface area (Å²) >= 11 is 0. The van der Waals surface area contributed by atoms with Gasteiger partial charge in [0, 0.05) is 65.5 Å². The second kappa shape index (κ2) is 10.3. The van der Waals surface area contributed by atoms with Gasteiger partial charge in [0.2, 0.25) is 5.91 Å². The van der Waals surface area contributed by atoms with Crippen molar-refractivity contribution in [3.63, 3.8) is 0 Å². The van der Waals surface area contributed by atoms with Crippen molar-refractivity contribution in [1.82, 2.24) is 9.80 Å². The molecule has 1 aromatic rings. The van der Waals surface area contributed by atoms with Gasteiger partial charge in [0.05, 0.1) is 5.92 Å². The van der Waals surface area contributed by atoms with E-state index < -0.39 is 22.4 Å². The first-order chi connectivity index (χ1) is 17.5. The first-order valence-corrected chi connectivity index (χ1v) is 16.0. The molecular weight excluding hydrogens is 490 g/mol. The van der Waals surface area contributed by atoms with Crippen LogP contribution >= 0.6 is 0 Å². The first kappa shape index (κ1) is 27.2. The second-order valence-electron chi connectivity index (χ2n) is 13.4. The summed E-state index contributed by atoms with van der Waals surface area (Å²) in [6, 6.07) is 4.16. The van der Waals surface area contributed by atoms with Gasteiger partial charge in [-0.2, -0.15) is 0 Å². The number of benzene rings is 1. The molecule has 4 fully saturated rings. The van der Waals surface area contributed by atoms with Gasteiger partial charge in [-0.1, -0.05) is 25.3 Å². The van der Waals surface area contributed by atoms with Crippen LogP contribution in [0.2, 0.25) is 0 Å². The fraction of sp³-hybridized carbons (Fsp3) is 0.767. The maximum absolute atomic E-state index is 15.0. The summed E-state index contributed by atoms with van der Waals surface area (Å²) in [6.07, 6.45) is 12.0. The molecule has 3 saturated heterocycles. The molecule has 1 aliphatic carbocycles. The van der Waals surface area contributed by atoms with Crippen molar-refractivity contribution >= 4 is 16.7 Å². The predicted octanol–water partition coefficient (Wildman–Crippen LogP) is 5.88. The van der Waals surface area contributed by atoms with Crippen LogP contribution in [0.5, 0.6) is 0 Å². The summed E-state index contributed by atoms with van der Waals surface area (Å²) < 4.78 is 41.3. The Bertz CT molecular complexity index is 1020. The fourth-order valence-corrected chi connectivity index (χ4v) is 9.62. The molecule has 5 rings (SSSR count). The first-order valence-electron chi connectivity index (χ1n) is 14.3. The molecule has 1 amide bonds. The summed E-state index contributed by atoms with van der Waals surface area (Å²) in [5, 5.41) is 0. The van der Waals surface area contributed by atoms with E-state index in [-0.39, 0.29) is 40.8 Å². The van der Waals surface area contributed by atoms with Gasteiger partial charge in [0.15, 0.2) is 0 Å². The number of carbonyl (C=O) groups excluding carboxylic acids is 1. The van der Waals surface area contributed by atoms with Crippen molar-refractivity contribution in [3.8, 4) is 0 Å². The Hall–Kier alpha value is -1.34. The van der Waals surface area contributed by atoms with Crippen LogP contribution in [0.3, 0.4) is 0 Å².